The molecule has 3 aromatic heterocycles. The minimum atomic E-state index is -3.04. The van der Waals surface area contributed by atoms with Crippen molar-refractivity contribution in [3.8, 4) is 11.3 Å². The molecular formula is C16H20N3O3PS2. The van der Waals surface area contributed by atoms with Gasteiger partial charge in [-0.05, 0) is 31.4 Å². The third-order valence-electron chi connectivity index (χ3n) is 3.40. The van der Waals surface area contributed by atoms with E-state index in [0.29, 0.717) is 24.5 Å². The number of hydrogen-bond donors (Lipinski definition) is 0. The first kappa shape index (κ1) is 18.6. The van der Waals surface area contributed by atoms with Crippen molar-refractivity contribution in [2.45, 2.75) is 19.6 Å². The number of thioether (sulfide) groups is 1. The minimum Gasteiger partial charge on any atom is -0.308 e. The molecule has 134 valence electrons. The van der Waals surface area contributed by atoms with Crippen molar-refractivity contribution in [2.75, 3.05) is 18.7 Å². The highest BCUT2D eigenvalue weighted by Gasteiger charge is 2.23. The van der Waals surface area contributed by atoms with Crippen LogP contribution in [0.3, 0.4) is 0 Å². The van der Waals surface area contributed by atoms with E-state index in [-0.39, 0.29) is 0 Å². The first-order valence-corrected chi connectivity index (χ1v) is 11.8. The zero-order valence-corrected chi connectivity index (χ0v) is 16.7. The van der Waals surface area contributed by atoms with Gasteiger partial charge in [0.1, 0.15) is 0 Å². The highest BCUT2D eigenvalue weighted by molar-refractivity contribution is 8.03. The van der Waals surface area contributed by atoms with Crippen molar-refractivity contribution < 1.29 is 13.6 Å². The lowest BCUT2D eigenvalue weighted by atomic mass is 10.2. The second-order valence-electron chi connectivity index (χ2n) is 5.17. The van der Waals surface area contributed by atoms with Gasteiger partial charge < -0.3 is 9.05 Å². The molecule has 0 fully saturated rings. The van der Waals surface area contributed by atoms with Crippen LogP contribution in [0, 0.1) is 0 Å². The van der Waals surface area contributed by atoms with Gasteiger partial charge in [-0.25, -0.2) is 9.50 Å². The molecule has 0 aliphatic carbocycles. The quantitative estimate of drug-likeness (QED) is 0.478. The second-order valence-corrected chi connectivity index (χ2v) is 9.42. The molecule has 0 aliphatic heterocycles. The van der Waals surface area contributed by atoms with Crippen LogP contribution >= 0.6 is 30.7 Å². The molecule has 0 saturated heterocycles. The van der Waals surface area contributed by atoms with E-state index in [1.807, 2.05) is 35.9 Å². The predicted molar refractivity (Wildman–Crippen MR) is 103 cm³/mol. The SMILES string of the molecule is CCOP(=O)(CSCc1cc(-c2ccsc2)nc2ccnn12)OCC. The molecule has 0 radical (unpaired) electrons. The van der Waals surface area contributed by atoms with E-state index >= 15 is 0 Å². The van der Waals surface area contributed by atoms with E-state index in [1.165, 1.54) is 11.8 Å². The van der Waals surface area contributed by atoms with Gasteiger partial charge in [0.15, 0.2) is 5.65 Å². The lowest BCUT2D eigenvalue weighted by molar-refractivity contribution is 0.224. The van der Waals surface area contributed by atoms with Crippen LogP contribution in [0.25, 0.3) is 16.9 Å². The van der Waals surface area contributed by atoms with E-state index in [9.17, 15) is 4.57 Å². The van der Waals surface area contributed by atoms with Crippen molar-refractivity contribution >= 4 is 36.3 Å². The van der Waals surface area contributed by atoms with Crippen LogP contribution in [0.15, 0.2) is 35.2 Å². The third kappa shape index (κ3) is 4.51. The van der Waals surface area contributed by atoms with E-state index < -0.39 is 7.60 Å². The van der Waals surface area contributed by atoms with Gasteiger partial charge in [0, 0.05) is 22.8 Å². The predicted octanol–water partition coefficient (Wildman–Crippen LogP) is 4.91. The first-order valence-electron chi connectivity index (χ1n) is 7.97. The molecule has 0 bridgehead atoms. The van der Waals surface area contributed by atoms with Crippen molar-refractivity contribution in [2.24, 2.45) is 0 Å². The van der Waals surface area contributed by atoms with Crippen molar-refractivity contribution in [1.82, 2.24) is 14.6 Å². The number of rotatable bonds is 9. The Kier molecular flexibility index (Phi) is 6.30. The lowest BCUT2D eigenvalue weighted by Crippen LogP contribution is -2.02. The number of aromatic nitrogens is 3. The normalized spacial score (nSPS) is 12.1. The summed E-state index contributed by atoms with van der Waals surface area (Å²) < 4.78 is 25.1. The van der Waals surface area contributed by atoms with E-state index in [4.69, 9.17) is 9.05 Å². The van der Waals surface area contributed by atoms with E-state index in [1.54, 1.807) is 17.5 Å². The fourth-order valence-corrected chi connectivity index (χ4v) is 6.19. The molecule has 3 rings (SSSR count). The number of fused-ring (bicyclic) bond motifs is 1. The van der Waals surface area contributed by atoms with Crippen molar-refractivity contribution in [3.05, 3.63) is 40.8 Å². The number of nitrogens with zero attached hydrogens (tertiary/aromatic N) is 3. The Labute approximate surface area is 155 Å². The van der Waals surface area contributed by atoms with Gasteiger partial charge in [0.25, 0.3) is 0 Å². The molecule has 0 atom stereocenters. The second kappa shape index (κ2) is 8.47. The van der Waals surface area contributed by atoms with Crippen LogP contribution in [0.1, 0.15) is 19.5 Å². The molecule has 0 N–H and O–H groups in total. The molecule has 0 saturated carbocycles. The molecule has 6 nitrogen and oxygen atoms in total. The van der Waals surface area contributed by atoms with Crippen LogP contribution < -0.4 is 0 Å². The molecule has 3 aromatic rings. The highest BCUT2D eigenvalue weighted by Crippen LogP contribution is 2.51. The molecule has 0 spiro atoms. The van der Waals surface area contributed by atoms with Gasteiger partial charge in [-0.15, -0.1) is 11.8 Å². The van der Waals surface area contributed by atoms with Gasteiger partial charge in [-0.2, -0.15) is 16.4 Å². The molecule has 9 heteroatoms. The van der Waals surface area contributed by atoms with Crippen molar-refractivity contribution in [1.29, 1.82) is 0 Å². The van der Waals surface area contributed by atoms with Crippen LogP contribution in [0.4, 0.5) is 0 Å². The highest BCUT2D eigenvalue weighted by atomic mass is 32.2. The Morgan fingerprint density at radius 1 is 1.28 bits per heavy atom. The third-order valence-corrected chi connectivity index (χ3v) is 7.88. The maximum Gasteiger partial charge on any atom is 0.340 e. The Balaban J connectivity index is 1.79. The Bertz CT molecular complexity index is 857. The zero-order chi connectivity index (χ0) is 17.7. The maximum atomic E-state index is 12.6. The standard InChI is InChI=1S/C16H20N3O3PS2/c1-3-21-23(20,22-4-2)12-25-11-14-9-15(13-6-8-24-10-13)18-16-5-7-17-19(14)16/h5-10H,3-4,11-12H2,1-2H3. The summed E-state index contributed by atoms with van der Waals surface area (Å²) in [5.41, 5.74) is 4.13. The topological polar surface area (TPSA) is 65.7 Å². The van der Waals surface area contributed by atoms with Crippen LogP contribution in [-0.4, -0.2) is 33.3 Å². The van der Waals surface area contributed by atoms with Crippen molar-refractivity contribution in [3.63, 3.8) is 0 Å². The Morgan fingerprint density at radius 3 is 2.76 bits per heavy atom. The molecule has 0 aromatic carbocycles. The Morgan fingerprint density at radius 2 is 2.08 bits per heavy atom. The van der Waals surface area contributed by atoms with Crippen LogP contribution in [-0.2, 0) is 19.4 Å². The fraction of sp³-hybridized carbons (Fsp3) is 0.375. The summed E-state index contributed by atoms with van der Waals surface area (Å²) >= 11 is 3.16. The van der Waals surface area contributed by atoms with Gasteiger partial charge in [-0.1, -0.05) is 0 Å². The summed E-state index contributed by atoms with van der Waals surface area (Å²) in [7, 11) is -3.04. The first-order chi connectivity index (χ1) is 12.1. The number of thiophene rings is 1. The molecule has 0 unspecified atom stereocenters. The molecule has 0 aliphatic rings. The molecule has 25 heavy (non-hydrogen) atoms. The van der Waals surface area contributed by atoms with Gasteiger partial charge in [0.05, 0.1) is 36.3 Å². The summed E-state index contributed by atoms with van der Waals surface area (Å²) in [5, 5.41) is 8.45. The average Bonchev–Trinajstić information content (AvgIpc) is 3.26. The Hall–Kier alpha value is -1.18. The summed E-state index contributed by atoms with van der Waals surface area (Å²) in [6, 6.07) is 5.96. The van der Waals surface area contributed by atoms with Gasteiger partial charge in [0.2, 0.25) is 0 Å². The monoisotopic (exact) mass is 397 g/mol. The zero-order valence-electron chi connectivity index (χ0n) is 14.1. The lowest BCUT2D eigenvalue weighted by Gasteiger charge is -2.16. The van der Waals surface area contributed by atoms with E-state index in [0.717, 1.165) is 22.6 Å². The summed E-state index contributed by atoms with van der Waals surface area (Å²) in [5.74, 6) is 0.641. The smallest absolute Gasteiger partial charge is 0.308 e. The van der Waals surface area contributed by atoms with Crippen LogP contribution in [0.2, 0.25) is 0 Å². The minimum absolute atomic E-state index is 0.313. The summed E-state index contributed by atoms with van der Waals surface area (Å²) in [6.45, 7) is 4.39. The van der Waals surface area contributed by atoms with E-state index in [2.05, 4.69) is 21.5 Å². The van der Waals surface area contributed by atoms with Crippen LogP contribution in [0.5, 0.6) is 0 Å². The number of hydrogen-bond acceptors (Lipinski definition) is 7. The van der Waals surface area contributed by atoms with Gasteiger partial charge in [-0.3, -0.25) is 4.57 Å². The molecule has 3 heterocycles. The maximum absolute atomic E-state index is 12.6. The average molecular weight is 397 g/mol. The largest absolute Gasteiger partial charge is 0.340 e. The summed E-state index contributed by atoms with van der Waals surface area (Å²) in [6.07, 6.45) is 1.74. The fourth-order valence-electron chi connectivity index (χ4n) is 2.41. The summed E-state index contributed by atoms with van der Waals surface area (Å²) in [4.78, 5) is 4.65. The molecule has 0 amide bonds. The molecular weight excluding hydrogens is 377 g/mol. The van der Waals surface area contributed by atoms with Gasteiger partial charge >= 0.3 is 7.60 Å².